The highest BCUT2D eigenvalue weighted by atomic mass is 127. The number of anilines is 1. The summed E-state index contributed by atoms with van der Waals surface area (Å²) >= 11 is 9.28. The number of aromatic nitrogens is 1. The van der Waals surface area contributed by atoms with Crippen molar-refractivity contribution in [2.24, 2.45) is 5.10 Å². The van der Waals surface area contributed by atoms with E-state index in [1.54, 1.807) is 0 Å². The van der Waals surface area contributed by atoms with E-state index < -0.39 is 4.92 Å². The lowest BCUT2D eigenvalue weighted by atomic mass is 10.2. The zero-order valence-corrected chi connectivity index (χ0v) is 20.0. The van der Waals surface area contributed by atoms with Crippen LogP contribution in [0.15, 0.2) is 68.8 Å². The quantitative estimate of drug-likeness (QED) is 0.146. The number of ether oxygens (including phenoxy) is 1. The number of pyridine rings is 1. The van der Waals surface area contributed by atoms with E-state index in [-0.39, 0.29) is 11.5 Å². The summed E-state index contributed by atoms with van der Waals surface area (Å²) in [7, 11) is 0. The van der Waals surface area contributed by atoms with Crippen molar-refractivity contribution in [3.63, 3.8) is 0 Å². The fourth-order valence-electron chi connectivity index (χ4n) is 2.33. The van der Waals surface area contributed by atoms with Crippen LogP contribution in [0.3, 0.4) is 0 Å². The molecule has 1 heterocycles. The Kier molecular flexibility index (Phi) is 7.56. The number of rotatable bonds is 7. The number of benzene rings is 2. The van der Waals surface area contributed by atoms with Gasteiger partial charge in [-0.3, -0.25) is 15.5 Å². The van der Waals surface area contributed by atoms with E-state index in [9.17, 15) is 10.1 Å². The summed E-state index contributed by atoms with van der Waals surface area (Å²) < 4.78 is 8.60. The van der Waals surface area contributed by atoms with Gasteiger partial charge in [0.2, 0.25) is 5.82 Å². The second-order valence-electron chi connectivity index (χ2n) is 5.73. The first-order valence-corrected chi connectivity index (χ1v) is 10.9. The zero-order chi connectivity index (χ0) is 20.8. The summed E-state index contributed by atoms with van der Waals surface area (Å²) in [6.45, 7) is 0.437. The minimum Gasteiger partial charge on any atom is -0.487 e. The molecule has 3 aromatic rings. The van der Waals surface area contributed by atoms with Crippen molar-refractivity contribution in [3.8, 4) is 5.75 Å². The summed E-state index contributed by atoms with van der Waals surface area (Å²) in [5, 5.41) is 15.1. The van der Waals surface area contributed by atoms with Gasteiger partial charge in [-0.05, 0) is 95.9 Å². The molecule has 3 rings (SSSR count). The number of nitrogens with one attached hydrogen (secondary N) is 1. The minimum absolute atomic E-state index is 0.0735. The Morgan fingerprint density at radius 1 is 1.21 bits per heavy atom. The Bertz CT molecular complexity index is 1040. The van der Waals surface area contributed by atoms with Crippen LogP contribution in [-0.4, -0.2) is 16.1 Å². The Hall–Kier alpha value is -2.05. The topological polar surface area (TPSA) is 89.7 Å². The number of hydrogen-bond acceptors (Lipinski definition) is 6. The van der Waals surface area contributed by atoms with E-state index in [0.717, 1.165) is 20.1 Å². The smallest absolute Gasteiger partial charge is 0.313 e. The Balaban J connectivity index is 1.69. The molecule has 0 spiro atoms. The van der Waals surface area contributed by atoms with Gasteiger partial charge in [-0.2, -0.15) is 5.10 Å². The molecule has 1 N–H and O–H groups in total. The highest BCUT2D eigenvalue weighted by Gasteiger charge is 2.13. The van der Waals surface area contributed by atoms with Gasteiger partial charge >= 0.3 is 5.69 Å². The van der Waals surface area contributed by atoms with Gasteiger partial charge in [0.05, 0.1) is 20.1 Å². The van der Waals surface area contributed by atoms with Crippen LogP contribution >= 0.6 is 54.5 Å². The first-order valence-electron chi connectivity index (χ1n) is 8.19. The molecule has 0 unspecified atom stereocenters. The van der Waals surface area contributed by atoms with Gasteiger partial charge in [-0.15, -0.1) is 0 Å². The largest absolute Gasteiger partial charge is 0.487 e. The standard InChI is InChI=1S/C19H13Br2IN4O3/c20-15-8-13(10-24-25-19-17(26(27)28)2-1-7-23-19)9-16(21)18(15)29-11-12-3-5-14(22)6-4-12/h1-10H,11H2,(H,23,25)/b24-10-. The normalized spacial score (nSPS) is 10.9. The summed E-state index contributed by atoms with van der Waals surface area (Å²) in [5.41, 5.74) is 4.28. The first-order chi connectivity index (χ1) is 13.9. The lowest BCUT2D eigenvalue weighted by molar-refractivity contribution is -0.384. The molecule has 0 amide bonds. The van der Waals surface area contributed by atoms with Crippen LogP contribution in [0.4, 0.5) is 11.5 Å². The molecule has 0 saturated heterocycles. The molecule has 0 atom stereocenters. The Morgan fingerprint density at radius 3 is 2.55 bits per heavy atom. The molecule has 0 radical (unpaired) electrons. The average molecular weight is 632 g/mol. The maximum absolute atomic E-state index is 11.0. The van der Waals surface area contributed by atoms with E-state index in [4.69, 9.17) is 4.74 Å². The summed E-state index contributed by atoms with van der Waals surface area (Å²) in [6, 6.07) is 14.6. The van der Waals surface area contributed by atoms with Crippen molar-refractivity contribution in [2.75, 3.05) is 5.43 Å². The number of hydrogen-bond donors (Lipinski definition) is 1. The summed E-state index contributed by atoms with van der Waals surface area (Å²) in [6.07, 6.45) is 2.99. The Labute approximate surface area is 197 Å². The third kappa shape index (κ3) is 5.97. The van der Waals surface area contributed by atoms with Crippen LogP contribution in [0.5, 0.6) is 5.75 Å². The number of nitro groups is 1. The van der Waals surface area contributed by atoms with Gasteiger partial charge in [0.15, 0.2) is 0 Å². The predicted molar refractivity (Wildman–Crippen MR) is 127 cm³/mol. The third-order valence-electron chi connectivity index (χ3n) is 3.68. The van der Waals surface area contributed by atoms with E-state index in [1.165, 1.54) is 28.1 Å². The maximum Gasteiger partial charge on any atom is 0.313 e. The van der Waals surface area contributed by atoms with Crippen LogP contribution in [0.25, 0.3) is 0 Å². The van der Waals surface area contributed by atoms with Crippen LogP contribution in [0.1, 0.15) is 11.1 Å². The molecular weight excluding hydrogens is 619 g/mol. The van der Waals surface area contributed by atoms with Crippen molar-refractivity contribution < 1.29 is 9.66 Å². The van der Waals surface area contributed by atoms with Crippen molar-refractivity contribution in [3.05, 3.63) is 88.5 Å². The molecule has 10 heteroatoms. The van der Waals surface area contributed by atoms with Crippen LogP contribution in [0.2, 0.25) is 0 Å². The molecule has 0 fully saturated rings. The van der Waals surface area contributed by atoms with E-state index in [0.29, 0.717) is 12.4 Å². The molecule has 29 heavy (non-hydrogen) atoms. The molecule has 0 bridgehead atoms. The second-order valence-corrected chi connectivity index (χ2v) is 8.68. The van der Waals surface area contributed by atoms with Gasteiger partial charge in [0.25, 0.3) is 0 Å². The van der Waals surface area contributed by atoms with Crippen molar-refractivity contribution >= 4 is 72.2 Å². The Morgan fingerprint density at radius 2 is 1.90 bits per heavy atom. The highest BCUT2D eigenvalue weighted by molar-refractivity contribution is 14.1. The van der Waals surface area contributed by atoms with Crippen LogP contribution in [0, 0.1) is 13.7 Å². The molecule has 2 aromatic carbocycles. The van der Waals surface area contributed by atoms with Crippen molar-refractivity contribution in [2.45, 2.75) is 6.61 Å². The van der Waals surface area contributed by atoms with Gasteiger partial charge in [0.1, 0.15) is 12.4 Å². The summed E-state index contributed by atoms with van der Waals surface area (Å²) in [5.74, 6) is 0.748. The third-order valence-corrected chi connectivity index (χ3v) is 5.58. The number of hydrazone groups is 1. The van der Waals surface area contributed by atoms with E-state index in [1.807, 2.05) is 36.4 Å². The van der Waals surface area contributed by atoms with Gasteiger partial charge in [-0.1, -0.05) is 12.1 Å². The maximum atomic E-state index is 11.0. The fourth-order valence-corrected chi connectivity index (χ4v) is 4.14. The monoisotopic (exact) mass is 630 g/mol. The van der Waals surface area contributed by atoms with Gasteiger partial charge in [-0.25, -0.2) is 4.98 Å². The SMILES string of the molecule is O=[N+]([O-])c1cccnc1N/N=C\c1cc(Br)c(OCc2ccc(I)cc2)c(Br)c1. The fraction of sp³-hybridized carbons (Fsp3) is 0.0526. The van der Waals surface area contributed by atoms with Crippen molar-refractivity contribution in [1.29, 1.82) is 0 Å². The zero-order valence-electron chi connectivity index (χ0n) is 14.7. The predicted octanol–water partition coefficient (Wildman–Crippen LogP) is 6.14. The minimum atomic E-state index is -0.516. The number of halogens is 3. The first kappa shape index (κ1) is 21.7. The molecule has 0 aliphatic heterocycles. The second kappa shape index (κ2) is 10.1. The molecule has 1 aromatic heterocycles. The van der Waals surface area contributed by atoms with E-state index >= 15 is 0 Å². The van der Waals surface area contributed by atoms with Crippen molar-refractivity contribution in [1.82, 2.24) is 4.98 Å². The highest BCUT2D eigenvalue weighted by Crippen LogP contribution is 2.35. The molecule has 7 nitrogen and oxygen atoms in total. The van der Waals surface area contributed by atoms with Crippen LogP contribution < -0.4 is 10.2 Å². The molecule has 0 saturated carbocycles. The molecular formula is C19H13Br2IN4O3. The van der Waals surface area contributed by atoms with Crippen LogP contribution in [-0.2, 0) is 6.61 Å². The number of nitrogens with zero attached hydrogens (tertiary/aromatic N) is 3. The van der Waals surface area contributed by atoms with E-state index in [2.05, 4.69) is 70.0 Å². The summed E-state index contributed by atoms with van der Waals surface area (Å²) in [4.78, 5) is 14.4. The molecule has 0 aliphatic rings. The molecule has 148 valence electrons. The molecule has 0 aliphatic carbocycles. The van der Waals surface area contributed by atoms with Gasteiger partial charge in [0, 0.05) is 15.8 Å². The van der Waals surface area contributed by atoms with Gasteiger partial charge < -0.3 is 4.74 Å². The lowest BCUT2D eigenvalue weighted by Gasteiger charge is -2.11. The lowest BCUT2D eigenvalue weighted by Crippen LogP contribution is -2.00. The average Bonchev–Trinajstić information content (AvgIpc) is 2.69.